The molecule has 0 radical (unpaired) electrons. The van der Waals surface area contributed by atoms with E-state index < -0.39 is 0 Å². The highest BCUT2D eigenvalue weighted by atomic mass is 16.3. The van der Waals surface area contributed by atoms with E-state index in [0.29, 0.717) is 0 Å². The second-order valence-electron chi connectivity index (χ2n) is 11.0. The van der Waals surface area contributed by atoms with E-state index in [-0.39, 0.29) is 0 Å². The van der Waals surface area contributed by atoms with Gasteiger partial charge in [0.2, 0.25) is 0 Å². The molecule has 0 aliphatic rings. The van der Waals surface area contributed by atoms with Gasteiger partial charge in [-0.2, -0.15) is 0 Å². The largest absolute Gasteiger partial charge is 0.456 e. The van der Waals surface area contributed by atoms with Crippen LogP contribution in [0, 0.1) is 0 Å². The quantitative estimate of drug-likeness (QED) is 0.213. The SMILES string of the molecule is c1cnc(-c2ccc3cc(N(c4ccc5ccccc5c4)c4ccc5c(c4)oc4cc6cccnc6cc45)ccc3c2)nc1. The number of nitrogens with zero attached hydrogens (tertiary/aromatic N) is 4. The fraction of sp³-hybridized carbons (Fsp3) is 0. The molecular weight excluding hydrogens is 540 g/mol. The zero-order chi connectivity index (χ0) is 29.0. The molecule has 0 saturated heterocycles. The summed E-state index contributed by atoms with van der Waals surface area (Å²) in [5.74, 6) is 0.721. The Bertz CT molecular complexity index is 2520. The second kappa shape index (κ2) is 9.75. The molecule has 0 atom stereocenters. The van der Waals surface area contributed by atoms with Crippen molar-refractivity contribution in [2.24, 2.45) is 0 Å². The molecule has 0 unspecified atom stereocenters. The Balaban J connectivity index is 1.22. The Morgan fingerprint density at radius 3 is 1.93 bits per heavy atom. The van der Waals surface area contributed by atoms with Gasteiger partial charge in [0.25, 0.3) is 0 Å². The number of hydrogen-bond donors (Lipinski definition) is 0. The van der Waals surface area contributed by atoms with Gasteiger partial charge in [0.05, 0.1) is 5.52 Å². The van der Waals surface area contributed by atoms with E-state index in [4.69, 9.17) is 4.42 Å². The average molecular weight is 565 g/mol. The lowest BCUT2D eigenvalue weighted by Crippen LogP contribution is -2.09. The van der Waals surface area contributed by atoms with Crippen LogP contribution in [-0.2, 0) is 0 Å². The molecule has 0 amide bonds. The zero-order valence-corrected chi connectivity index (χ0v) is 23.6. The van der Waals surface area contributed by atoms with Crippen LogP contribution >= 0.6 is 0 Å². The maximum atomic E-state index is 6.45. The number of pyridine rings is 1. The number of rotatable bonds is 4. The van der Waals surface area contributed by atoms with Crippen LogP contribution in [0.25, 0.3) is 65.8 Å². The Morgan fingerprint density at radius 1 is 0.432 bits per heavy atom. The van der Waals surface area contributed by atoms with Gasteiger partial charge >= 0.3 is 0 Å². The van der Waals surface area contributed by atoms with Crippen molar-refractivity contribution in [3.05, 3.63) is 146 Å². The van der Waals surface area contributed by atoms with Crippen LogP contribution < -0.4 is 4.90 Å². The van der Waals surface area contributed by atoms with Gasteiger partial charge in [0, 0.05) is 63.4 Å². The molecule has 9 rings (SSSR count). The van der Waals surface area contributed by atoms with Gasteiger partial charge in [-0.15, -0.1) is 0 Å². The molecule has 44 heavy (non-hydrogen) atoms. The second-order valence-corrected chi connectivity index (χ2v) is 11.0. The minimum absolute atomic E-state index is 0.721. The first-order valence-electron chi connectivity index (χ1n) is 14.6. The molecule has 206 valence electrons. The third kappa shape index (κ3) is 4.06. The average Bonchev–Trinajstić information content (AvgIpc) is 3.44. The van der Waals surface area contributed by atoms with Crippen molar-refractivity contribution in [3.8, 4) is 11.4 Å². The van der Waals surface area contributed by atoms with Crippen LogP contribution in [0.4, 0.5) is 17.1 Å². The standard InChI is InChI=1S/C39H24N4O/c1-2-6-26-20-31(12-10-25(26)5-1)43(32-13-11-27-19-30(9-8-28(27)21-32)39-41-17-4-18-42-39)33-14-15-34-35-24-36-29(7-3-16-40-36)22-37(35)44-38(34)23-33/h1-24H. The summed E-state index contributed by atoms with van der Waals surface area (Å²) < 4.78 is 6.45. The van der Waals surface area contributed by atoms with Gasteiger partial charge < -0.3 is 9.32 Å². The molecule has 0 saturated carbocycles. The molecule has 0 fully saturated rings. The Labute approximate surface area is 252 Å². The normalized spacial score (nSPS) is 11.6. The minimum atomic E-state index is 0.721. The van der Waals surface area contributed by atoms with Crippen molar-refractivity contribution in [2.45, 2.75) is 0 Å². The van der Waals surface area contributed by atoms with Gasteiger partial charge in [0.15, 0.2) is 5.82 Å². The molecular formula is C39H24N4O. The number of benzene rings is 6. The zero-order valence-electron chi connectivity index (χ0n) is 23.6. The monoisotopic (exact) mass is 564 g/mol. The summed E-state index contributed by atoms with van der Waals surface area (Å²) in [6.45, 7) is 0. The molecule has 5 nitrogen and oxygen atoms in total. The van der Waals surface area contributed by atoms with E-state index in [1.165, 1.54) is 10.8 Å². The van der Waals surface area contributed by atoms with Crippen molar-refractivity contribution < 1.29 is 4.42 Å². The van der Waals surface area contributed by atoms with E-state index in [1.54, 1.807) is 12.4 Å². The summed E-state index contributed by atoms with van der Waals surface area (Å²) in [6, 6.07) is 44.6. The molecule has 3 aromatic heterocycles. The molecule has 0 aliphatic carbocycles. The predicted molar refractivity (Wildman–Crippen MR) is 180 cm³/mol. The van der Waals surface area contributed by atoms with Gasteiger partial charge in [0.1, 0.15) is 11.2 Å². The summed E-state index contributed by atoms with van der Waals surface area (Å²) in [4.78, 5) is 15.7. The highest BCUT2D eigenvalue weighted by Gasteiger charge is 2.17. The number of hydrogen-bond acceptors (Lipinski definition) is 5. The van der Waals surface area contributed by atoms with Crippen LogP contribution in [0.3, 0.4) is 0 Å². The maximum absolute atomic E-state index is 6.45. The topological polar surface area (TPSA) is 55.1 Å². The van der Waals surface area contributed by atoms with Crippen molar-refractivity contribution in [1.82, 2.24) is 15.0 Å². The lowest BCUT2D eigenvalue weighted by Gasteiger charge is -2.26. The van der Waals surface area contributed by atoms with Crippen LogP contribution in [0.1, 0.15) is 0 Å². The minimum Gasteiger partial charge on any atom is -0.456 e. The molecule has 0 spiro atoms. The molecule has 6 aromatic carbocycles. The first-order valence-corrected chi connectivity index (χ1v) is 14.6. The Morgan fingerprint density at radius 2 is 1.07 bits per heavy atom. The Kier molecular flexibility index (Phi) is 5.43. The van der Waals surface area contributed by atoms with E-state index >= 15 is 0 Å². The first-order chi connectivity index (χ1) is 21.8. The van der Waals surface area contributed by atoms with Crippen LogP contribution in [0.2, 0.25) is 0 Å². The fourth-order valence-corrected chi connectivity index (χ4v) is 6.19. The van der Waals surface area contributed by atoms with Crippen LogP contribution in [0.15, 0.2) is 150 Å². The van der Waals surface area contributed by atoms with Crippen molar-refractivity contribution in [2.75, 3.05) is 4.90 Å². The third-order valence-corrected chi connectivity index (χ3v) is 8.34. The van der Waals surface area contributed by atoms with E-state index in [9.17, 15) is 0 Å². The fourth-order valence-electron chi connectivity index (χ4n) is 6.19. The lowest BCUT2D eigenvalue weighted by atomic mass is 10.0. The summed E-state index contributed by atoms with van der Waals surface area (Å²) in [5.41, 5.74) is 6.80. The molecule has 9 aromatic rings. The Hall–Kier alpha value is -6.07. The van der Waals surface area contributed by atoms with Gasteiger partial charge in [-0.05, 0) is 88.3 Å². The third-order valence-electron chi connectivity index (χ3n) is 8.34. The van der Waals surface area contributed by atoms with E-state index in [1.807, 2.05) is 18.3 Å². The number of furan rings is 1. The maximum Gasteiger partial charge on any atom is 0.159 e. The van der Waals surface area contributed by atoms with Crippen LogP contribution in [-0.4, -0.2) is 15.0 Å². The van der Waals surface area contributed by atoms with Crippen LogP contribution in [0.5, 0.6) is 0 Å². The number of anilines is 3. The van der Waals surface area contributed by atoms with E-state index in [0.717, 1.165) is 72.1 Å². The summed E-state index contributed by atoms with van der Waals surface area (Å²) in [7, 11) is 0. The highest BCUT2D eigenvalue weighted by molar-refractivity contribution is 6.10. The number of aromatic nitrogens is 3. The van der Waals surface area contributed by atoms with Crippen molar-refractivity contribution in [1.29, 1.82) is 0 Å². The molecule has 5 heteroatoms. The highest BCUT2D eigenvalue weighted by Crippen LogP contribution is 2.41. The number of fused-ring (bicyclic) bond motifs is 6. The van der Waals surface area contributed by atoms with E-state index in [2.05, 4.69) is 135 Å². The lowest BCUT2D eigenvalue weighted by molar-refractivity contribution is 0.669. The molecule has 0 aliphatic heterocycles. The summed E-state index contributed by atoms with van der Waals surface area (Å²) in [5, 5.41) is 7.87. The molecule has 0 bridgehead atoms. The molecule has 0 N–H and O–H groups in total. The van der Waals surface area contributed by atoms with Gasteiger partial charge in [-0.3, -0.25) is 4.98 Å². The predicted octanol–water partition coefficient (Wildman–Crippen LogP) is 10.4. The smallest absolute Gasteiger partial charge is 0.159 e. The van der Waals surface area contributed by atoms with Crippen molar-refractivity contribution >= 4 is 71.4 Å². The van der Waals surface area contributed by atoms with Gasteiger partial charge in [-0.25, -0.2) is 9.97 Å². The first kappa shape index (κ1) is 24.5. The van der Waals surface area contributed by atoms with Gasteiger partial charge in [-0.1, -0.05) is 54.6 Å². The summed E-state index contributed by atoms with van der Waals surface area (Å²) in [6.07, 6.45) is 5.38. The van der Waals surface area contributed by atoms with Crippen molar-refractivity contribution in [3.63, 3.8) is 0 Å². The molecule has 3 heterocycles. The summed E-state index contributed by atoms with van der Waals surface area (Å²) >= 11 is 0.